The van der Waals surface area contributed by atoms with Crippen LogP contribution in [0.4, 0.5) is 0 Å². The van der Waals surface area contributed by atoms with E-state index in [1.54, 1.807) is 10.7 Å². The molecule has 3 aromatic heterocycles. The summed E-state index contributed by atoms with van der Waals surface area (Å²) in [5.41, 5.74) is 3.67. The number of nitrogens with zero attached hydrogens (tertiary/aromatic N) is 8. The third kappa shape index (κ3) is 4.54. The second-order valence-electron chi connectivity index (χ2n) is 8.64. The molecule has 0 bridgehead atoms. The highest BCUT2D eigenvalue weighted by atomic mass is 16.5. The molecule has 0 spiro atoms. The maximum atomic E-state index is 12.0. The van der Waals surface area contributed by atoms with Gasteiger partial charge in [-0.1, -0.05) is 12.1 Å². The van der Waals surface area contributed by atoms with Gasteiger partial charge in [-0.05, 0) is 39.9 Å². The van der Waals surface area contributed by atoms with Crippen molar-refractivity contribution in [3.05, 3.63) is 29.7 Å². The van der Waals surface area contributed by atoms with E-state index in [1.165, 1.54) is 0 Å². The summed E-state index contributed by atoms with van der Waals surface area (Å²) in [7, 11) is 3.97. The number of fused-ring (bicyclic) bond motifs is 1. The fourth-order valence-corrected chi connectivity index (χ4v) is 4.28. The van der Waals surface area contributed by atoms with Crippen LogP contribution in [-0.4, -0.2) is 80.7 Å². The average Bonchev–Trinajstić information content (AvgIpc) is 3.41. The number of amides is 1. The Hall–Kier alpha value is -3.45. The van der Waals surface area contributed by atoms with E-state index in [4.69, 9.17) is 4.74 Å². The second-order valence-corrected chi connectivity index (χ2v) is 8.64. The standard InChI is InChI=1S/C23H30N8O2/c1-5-21(32)29-8-6-19(7-9-29)31-16(2)22(26-27-31)17-12-20(33-11-10-28(3)4)23-18(13-24)14-25-30(23)15-17/h12,14-15,19H,5-11H2,1-4H3. The highest BCUT2D eigenvalue weighted by Crippen LogP contribution is 2.32. The van der Waals surface area contributed by atoms with Gasteiger partial charge in [-0.3, -0.25) is 4.79 Å². The van der Waals surface area contributed by atoms with Crippen molar-refractivity contribution in [1.29, 1.82) is 5.26 Å². The summed E-state index contributed by atoms with van der Waals surface area (Å²) in [6, 6.07) is 4.31. The normalized spacial score (nSPS) is 14.7. The summed E-state index contributed by atoms with van der Waals surface area (Å²) in [4.78, 5) is 16.0. The van der Waals surface area contributed by atoms with Gasteiger partial charge in [0.05, 0.1) is 17.9 Å². The molecular formula is C23H30N8O2. The van der Waals surface area contributed by atoms with Crippen molar-refractivity contribution in [2.75, 3.05) is 40.3 Å². The molecule has 4 heterocycles. The third-order valence-electron chi connectivity index (χ3n) is 6.16. The number of carbonyl (C=O) groups is 1. The molecule has 0 radical (unpaired) electrons. The Morgan fingerprint density at radius 1 is 1.33 bits per heavy atom. The lowest BCUT2D eigenvalue weighted by atomic mass is 10.0. The zero-order valence-electron chi connectivity index (χ0n) is 19.7. The van der Waals surface area contributed by atoms with Crippen LogP contribution in [0.3, 0.4) is 0 Å². The first-order valence-corrected chi connectivity index (χ1v) is 11.3. The smallest absolute Gasteiger partial charge is 0.222 e. The second kappa shape index (κ2) is 9.58. The molecule has 0 N–H and O–H groups in total. The summed E-state index contributed by atoms with van der Waals surface area (Å²) in [5, 5.41) is 22.8. The van der Waals surface area contributed by atoms with Crippen molar-refractivity contribution in [2.24, 2.45) is 0 Å². The van der Waals surface area contributed by atoms with Crippen LogP contribution in [0.5, 0.6) is 5.75 Å². The van der Waals surface area contributed by atoms with Gasteiger partial charge in [0.25, 0.3) is 0 Å². The monoisotopic (exact) mass is 450 g/mol. The summed E-state index contributed by atoms with van der Waals surface area (Å²) < 4.78 is 9.70. The first-order valence-electron chi connectivity index (χ1n) is 11.3. The maximum Gasteiger partial charge on any atom is 0.222 e. The zero-order chi connectivity index (χ0) is 23.5. The number of pyridine rings is 1. The number of hydrogen-bond acceptors (Lipinski definition) is 7. The Balaban J connectivity index is 1.62. The predicted octanol–water partition coefficient (Wildman–Crippen LogP) is 2.29. The van der Waals surface area contributed by atoms with E-state index in [1.807, 2.05) is 54.7 Å². The molecular weight excluding hydrogens is 420 g/mol. The molecule has 0 saturated carbocycles. The number of likely N-dealkylation sites (N-methyl/N-ethyl adjacent to an activating group) is 1. The van der Waals surface area contributed by atoms with E-state index in [0.29, 0.717) is 29.9 Å². The fourth-order valence-electron chi connectivity index (χ4n) is 4.28. The van der Waals surface area contributed by atoms with Crippen LogP contribution in [0.15, 0.2) is 18.5 Å². The van der Waals surface area contributed by atoms with Gasteiger partial charge in [0.2, 0.25) is 5.91 Å². The number of aromatic nitrogens is 5. The quantitative estimate of drug-likeness (QED) is 0.544. The van der Waals surface area contributed by atoms with E-state index in [0.717, 1.165) is 49.4 Å². The lowest BCUT2D eigenvalue weighted by molar-refractivity contribution is -0.132. The van der Waals surface area contributed by atoms with Crippen LogP contribution in [0.25, 0.3) is 16.8 Å². The average molecular weight is 451 g/mol. The predicted molar refractivity (Wildman–Crippen MR) is 123 cm³/mol. The number of carbonyl (C=O) groups excluding carboxylic acids is 1. The molecule has 0 aliphatic carbocycles. The molecule has 1 fully saturated rings. The van der Waals surface area contributed by atoms with E-state index >= 15 is 0 Å². The van der Waals surface area contributed by atoms with Crippen molar-refractivity contribution in [2.45, 2.75) is 39.2 Å². The van der Waals surface area contributed by atoms with Gasteiger partial charge in [0, 0.05) is 37.8 Å². The summed E-state index contributed by atoms with van der Waals surface area (Å²) in [6.45, 7) is 6.64. The van der Waals surface area contributed by atoms with Crippen LogP contribution < -0.4 is 4.74 Å². The molecule has 1 saturated heterocycles. The van der Waals surface area contributed by atoms with E-state index < -0.39 is 0 Å². The van der Waals surface area contributed by atoms with Crippen LogP contribution in [0, 0.1) is 18.3 Å². The Labute approximate surface area is 193 Å². The van der Waals surface area contributed by atoms with Crippen LogP contribution in [-0.2, 0) is 4.79 Å². The molecule has 10 nitrogen and oxygen atoms in total. The minimum Gasteiger partial charge on any atom is -0.490 e. The van der Waals surface area contributed by atoms with Crippen molar-refractivity contribution in [1.82, 2.24) is 34.4 Å². The molecule has 10 heteroatoms. The molecule has 174 valence electrons. The van der Waals surface area contributed by atoms with Gasteiger partial charge < -0.3 is 14.5 Å². The Bertz CT molecular complexity index is 1180. The first kappa shape index (κ1) is 22.7. The van der Waals surface area contributed by atoms with Crippen molar-refractivity contribution < 1.29 is 9.53 Å². The van der Waals surface area contributed by atoms with Crippen LogP contribution in [0.2, 0.25) is 0 Å². The SMILES string of the molecule is CCC(=O)N1CCC(n2nnc(-c3cc(OCCN(C)C)c4c(C#N)cnn4c3)c2C)CC1. The maximum absolute atomic E-state index is 12.0. The van der Waals surface area contributed by atoms with Gasteiger partial charge in [-0.25, -0.2) is 9.20 Å². The zero-order valence-corrected chi connectivity index (χ0v) is 19.7. The molecule has 1 aliphatic heterocycles. The van der Waals surface area contributed by atoms with Crippen LogP contribution >= 0.6 is 0 Å². The molecule has 0 atom stereocenters. The lowest BCUT2D eigenvalue weighted by Gasteiger charge is -2.32. The number of likely N-dealkylation sites (tertiary alicyclic amines) is 1. The summed E-state index contributed by atoms with van der Waals surface area (Å²) in [6.07, 6.45) is 5.67. The number of ether oxygens (including phenoxy) is 1. The molecule has 3 aromatic rings. The number of piperidine rings is 1. The van der Waals surface area contributed by atoms with E-state index in [9.17, 15) is 10.1 Å². The molecule has 0 aromatic carbocycles. The Morgan fingerprint density at radius 3 is 2.76 bits per heavy atom. The molecule has 4 rings (SSSR count). The third-order valence-corrected chi connectivity index (χ3v) is 6.16. The van der Waals surface area contributed by atoms with Gasteiger partial charge in [0.1, 0.15) is 35.2 Å². The minimum absolute atomic E-state index is 0.204. The molecule has 0 unspecified atom stereocenters. The lowest BCUT2D eigenvalue weighted by Crippen LogP contribution is -2.39. The van der Waals surface area contributed by atoms with Gasteiger partial charge in [0.15, 0.2) is 0 Å². The number of rotatable bonds is 7. The molecule has 1 amide bonds. The van der Waals surface area contributed by atoms with Crippen molar-refractivity contribution in [3.63, 3.8) is 0 Å². The van der Waals surface area contributed by atoms with E-state index in [-0.39, 0.29) is 11.9 Å². The number of nitriles is 1. The topological polar surface area (TPSA) is 105 Å². The van der Waals surface area contributed by atoms with Crippen LogP contribution in [0.1, 0.15) is 43.5 Å². The Kier molecular flexibility index (Phi) is 6.60. The highest BCUT2D eigenvalue weighted by Gasteiger charge is 2.26. The summed E-state index contributed by atoms with van der Waals surface area (Å²) in [5.74, 6) is 0.805. The number of hydrogen-bond donors (Lipinski definition) is 0. The van der Waals surface area contributed by atoms with Gasteiger partial charge in [-0.2, -0.15) is 10.4 Å². The molecule has 33 heavy (non-hydrogen) atoms. The minimum atomic E-state index is 0.204. The largest absolute Gasteiger partial charge is 0.490 e. The van der Waals surface area contributed by atoms with Crippen molar-refractivity contribution in [3.8, 4) is 23.1 Å². The van der Waals surface area contributed by atoms with Gasteiger partial charge >= 0.3 is 0 Å². The van der Waals surface area contributed by atoms with Crippen molar-refractivity contribution >= 4 is 11.4 Å². The van der Waals surface area contributed by atoms with Gasteiger partial charge in [-0.15, -0.1) is 5.10 Å². The first-order chi connectivity index (χ1) is 15.9. The fraction of sp³-hybridized carbons (Fsp3) is 0.522. The summed E-state index contributed by atoms with van der Waals surface area (Å²) >= 11 is 0. The Morgan fingerprint density at radius 2 is 2.09 bits per heavy atom. The van der Waals surface area contributed by atoms with E-state index in [2.05, 4.69) is 21.5 Å². The molecule has 1 aliphatic rings. The highest BCUT2D eigenvalue weighted by molar-refractivity contribution is 5.76.